The molecule has 1 heterocycles. The molecule has 0 aromatic heterocycles. The molecule has 1 aliphatic heterocycles. The van der Waals surface area contributed by atoms with Crippen LogP contribution in [0.1, 0.15) is 52.4 Å². The second kappa shape index (κ2) is 7.24. The van der Waals surface area contributed by atoms with Crippen LogP contribution in [0.4, 0.5) is 0 Å². The number of hydrogen-bond donors (Lipinski definition) is 0. The first-order valence-corrected chi connectivity index (χ1v) is 6.70. The molecule has 2 heteroatoms. The van der Waals surface area contributed by atoms with Crippen molar-refractivity contribution in [1.29, 1.82) is 0 Å². The first kappa shape index (κ1) is 13.0. The highest BCUT2D eigenvalue weighted by molar-refractivity contribution is 4.75. The highest BCUT2D eigenvalue weighted by Gasteiger charge is 2.23. The zero-order chi connectivity index (χ0) is 11.1. The Morgan fingerprint density at radius 3 is 2.27 bits per heavy atom. The third-order valence-electron chi connectivity index (χ3n) is 3.71. The molecule has 0 amide bonds. The molecule has 0 saturated carbocycles. The van der Waals surface area contributed by atoms with Crippen LogP contribution in [0.3, 0.4) is 0 Å². The third-order valence-corrected chi connectivity index (χ3v) is 3.71. The van der Waals surface area contributed by atoms with E-state index >= 15 is 0 Å². The van der Waals surface area contributed by atoms with Crippen molar-refractivity contribution in [2.24, 2.45) is 0 Å². The topological polar surface area (TPSA) is 6.48 Å². The van der Waals surface area contributed by atoms with Gasteiger partial charge in [0.25, 0.3) is 0 Å². The minimum Gasteiger partial charge on any atom is -0.290 e. The van der Waals surface area contributed by atoms with E-state index < -0.39 is 0 Å². The fourth-order valence-corrected chi connectivity index (χ4v) is 2.33. The van der Waals surface area contributed by atoms with Gasteiger partial charge < -0.3 is 0 Å². The number of likely N-dealkylation sites (N-methyl/N-ethyl adjacent to an activating group) is 1. The van der Waals surface area contributed by atoms with Gasteiger partial charge in [0.2, 0.25) is 0 Å². The molecule has 0 aromatic carbocycles. The molecule has 1 atom stereocenters. The van der Waals surface area contributed by atoms with Gasteiger partial charge in [-0.15, -0.1) is 0 Å². The van der Waals surface area contributed by atoms with Gasteiger partial charge in [-0.1, -0.05) is 39.0 Å². The van der Waals surface area contributed by atoms with Gasteiger partial charge in [-0.2, -0.15) is 0 Å². The predicted octanol–water partition coefficient (Wildman–Crippen LogP) is 2.94. The van der Waals surface area contributed by atoms with Gasteiger partial charge in [0.05, 0.1) is 6.17 Å². The van der Waals surface area contributed by atoms with Gasteiger partial charge in [-0.25, -0.2) is 0 Å². The number of nitrogens with zero attached hydrogens (tertiary/aromatic N) is 2. The second-order valence-electron chi connectivity index (χ2n) is 4.92. The summed E-state index contributed by atoms with van der Waals surface area (Å²) in [6.07, 6.45) is 9.13. The SMILES string of the molecule is CCCCCCCCN1CCN(C)C1C. The van der Waals surface area contributed by atoms with Crippen molar-refractivity contribution in [2.45, 2.75) is 58.5 Å². The zero-order valence-electron chi connectivity index (χ0n) is 10.8. The van der Waals surface area contributed by atoms with Crippen molar-refractivity contribution in [2.75, 3.05) is 26.7 Å². The third kappa shape index (κ3) is 4.52. The molecule has 0 N–H and O–H groups in total. The highest BCUT2D eigenvalue weighted by Crippen LogP contribution is 2.13. The molecule has 15 heavy (non-hydrogen) atoms. The van der Waals surface area contributed by atoms with Crippen LogP contribution in [0, 0.1) is 0 Å². The molecule has 0 radical (unpaired) electrons. The van der Waals surface area contributed by atoms with E-state index in [1.54, 1.807) is 0 Å². The lowest BCUT2D eigenvalue weighted by molar-refractivity contribution is 0.174. The lowest BCUT2D eigenvalue weighted by Gasteiger charge is -2.23. The first-order chi connectivity index (χ1) is 7.25. The van der Waals surface area contributed by atoms with E-state index in [-0.39, 0.29) is 0 Å². The molecule has 0 bridgehead atoms. The van der Waals surface area contributed by atoms with Crippen LogP contribution in [0.15, 0.2) is 0 Å². The van der Waals surface area contributed by atoms with Crippen LogP contribution in [-0.4, -0.2) is 42.6 Å². The molecular weight excluding hydrogens is 184 g/mol. The molecule has 0 aromatic rings. The van der Waals surface area contributed by atoms with E-state index in [9.17, 15) is 0 Å². The number of hydrogen-bond acceptors (Lipinski definition) is 2. The van der Waals surface area contributed by atoms with Crippen molar-refractivity contribution < 1.29 is 0 Å². The monoisotopic (exact) mass is 212 g/mol. The van der Waals surface area contributed by atoms with E-state index in [2.05, 4.69) is 30.7 Å². The van der Waals surface area contributed by atoms with E-state index in [1.807, 2.05) is 0 Å². The summed E-state index contributed by atoms with van der Waals surface area (Å²) < 4.78 is 0. The molecule has 1 aliphatic rings. The fourth-order valence-electron chi connectivity index (χ4n) is 2.33. The Morgan fingerprint density at radius 1 is 1.00 bits per heavy atom. The Hall–Kier alpha value is -0.0800. The largest absolute Gasteiger partial charge is 0.290 e. The van der Waals surface area contributed by atoms with E-state index in [1.165, 1.54) is 58.2 Å². The Balaban J connectivity index is 1.96. The maximum Gasteiger partial charge on any atom is 0.0591 e. The maximum absolute atomic E-state index is 2.61. The summed E-state index contributed by atoms with van der Waals surface area (Å²) in [7, 11) is 2.23. The van der Waals surface area contributed by atoms with Gasteiger partial charge in [-0.05, 0) is 26.9 Å². The van der Waals surface area contributed by atoms with Crippen molar-refractivity contribution >= 4 is 0 Å². The summed E-state index contributed by atoms with van der Waals surface area (Å²) in [5.41, 5.74) is 0. The van der Waals surface area contributed by atoms with Crippen molar-refractivity contribution in [3.63, 3.8) is 0 Å². The first-order valence-electron chi connectivity index (χ1n) is 6.70. The van der Waals surface area contributed by atoms with Crippen LogP contribution < -0.4 is 0 Å². The predicted molar refractivity (Wildman–Crippen MR) is 67.0 cm³/mol. The maximum atomic E-state index is 2.61. The number of rotatable bonds is 7. The number of unbranched alkanes of at least 4 members (excludes halogenated alkanes) is 5. The summed E-state index contributed by atoms with van der Waals surface area (Å²) >= 11 is 0. The minimum atomic E-state index is 0.667. The quantitative estimate of drug-likeness (QED) is 0.599. The van der Waals surface area contributed by atoms with Gasteiger partial charge in [0, 0.05) is 13.1 Å². The molecule has 1 unspecified atom stereocenters. The lowest BCUT2D eigenvalue weighted by atomic mass is 10.1. The van der Waals surface area contributed by atoms with Crippen molar-refractivity contribution in [3.05, 3.63) is 0 Å². The lowest BCUT2D eigenvalue weighted by Crippen LogP contribution is -2.34. The van der Waals surface area contributed by atoms with Gasteiger partial charge in [-0.3, -0.25) is 9.80 Å². The molecule has 90 valence electrons. The zero-order valence-corrected chi connectivity index (χ0v) is 10.8. The minimum absolute atomic E-state index is 0.667. The van der Waals surface area contributed by atoms with Crippen LogP contribution in [0.2, 0.25) is 0 Å². The van der Waals surface area contributed by atoms with Crippen molar-refractivity contribution in [1.82, 2.24) is 9.80 Å². The summed E-state index contributed by atoms with van der Waals surface area (Å²) in [6.45, 7) is 8.42. The normalized spacial score (nSPS) is 23.8. The second-order valence-corrected chi connectivity index (χ2v) is 4.92. The van der Waals surface area contributed by atoms with Crippen LogP contribution in [0.5, 0.6) is 0 Å². The Morgan fingerprint density at radius 2 is 1.67 bits per heavy atom. The summed E-state index contributed by atoms with van der Waals surface area (Å²) in [6, 6.07) is 0. The molecular formula is C13H28N2. The standard InChI is InChI=1S/C13H28N2/c1-4-5-6-7-8-9-10-15-12-11-14(3)13(15)2/h13H,4-12H2,1-3H3. The van der Waals surface area contributed by atoms with Gasteiger partial charge in [0.1, 0.15) is 0 Å². The Kier molecular flexibility index (Phi) is 6.26. The van der Waals surface area contributed by atoms with Crippen LogP contribution in [-0.2, 0) is 0 Å². The fraction of sp³-hybridized carbons (Fsp3) is 1.00. The smallest absolute Gasteiger partial charge is 0.0591 e. The average Bonchev–Trinajstić information content (AvgIpc) is 2.54. The molecule has 1 saturated heterocycles. The van der Waals surface area contributed by atoms with Gasteiger partial charge >= 0.3 is 0 Å². The highest BCUT2D eigenvalue weighted by atomic mass is 15.4. The molecule has 0 spiro atoms. The van der Waals surface area contributed by atoms with Crippen LogP contribution in [0.25, 0.3) is 0 Å². The molecule has 2 nitrogen and oxygen atoms in total. The Labute approximate surface area is 95.6 Å². The summed E-state index contributed by atoms with van der Waals surface area (Å²) in [5, 5.41) is 0. The molecule has 1 rings (SSSR count). The van der Waals surface area contributed by atoms with E-state index in [4.69, 9.17) is 0 Å². The molecule has 1 fully saturated rings. The summed E-state index contributed by atoms with van der Waals surface area (Å²) in [5.74, 6) is 0. The van der Waals surface area contributed by atoms with Crippen LogP contribution >= 0.6 is 0 Å². The molecule has 0 aliphatic carbocycles. The van der Waals surface area contributed by atoms with Gasteiger partial charge in [0.15, 0.2) is 0 Å². The van der Waals surface area contributed by atoms with E-state index in [0.717, 1.165) is 0 Å². The Bertz CT molecular complexity index is 159. The average molecular weight is 212 g/mol. The van der Waals surface area contributed by atoms with E-state index in [0.29, 0.717) is 6.17 Å². The van der Waals surface area contributed by atoms with Crippen molar-refractivity contribution in [3.8, 4) is 0 Å². The summed E-state index contributed by atoms with van der Waals surface area (Å²) in [4.78, 5) is 5.05.